The average Bonchev–Trinajstić information content (AvgIpc) is 2.70. The molecule has 0 unspecified atom stereocenters. The molecule has 72 valence electrons. The maximum Gasteiger partial charge on any atom is 0.288 e. The lowest BCUT2D eigenvalue weighted by atomic mass is 10.3. The standard InChI is InChI=1S/C8H4BrNO2S2/c9-7-2-1-6(14-7)8-5(10(11)12)3-4-13-8/h1-4H. The highest BCUT2D eigenvalue weighted by atomic mass is 79.9. The van der Waals surface area contributed by atoms with E-state index in [0.29, 0.717) is 0 Å². The lowest BCUT2D eigenvalue weighted by Crippen LogP contribution is -1.85. The Labute approximate surface area is 96.3 Å². The summed E-state index contributed by atoms with van der Waals surface area (Å²) in [6.07, 6.45) is 0. The van der Waals surface area contributed by atoms with Crippen molar-refractivity contribution in [1.29, 1.82) is 0 Å². The van der Waals surface area contributed by atoms with Gasteiger partial charge < -0.3 is 0 Å². The highest BCUT2D eigenvalue weighted by molar-refractivity contribution is 9.11. The molecule has 0 aromatic carbocycles. The summed E-state index contributed by atoms with van der Waals surface area (Å²) >= 11 is 6.22. The molecule has 0 aliphatic rings. The van der Waals surface area contributed by atoms with Crippen LogP contribution in [-0.4, -0.2) is 4.92 Å². The minimum atomic E-state index is -0.348. The van der Waals surface area contributed by atoms with E-state index in [1.54, 1.807) is 5.38 Å². The predicted octanol–water partition coefficient (Wildman–Crippen LogP) is 4.15. The lowest BCUT2D eigenvalue weighted by Gasteiger charge is -1.91. The second-order valence-corrected chi connectivity index (χ2v) is 5.87. The molecule has 0 aliphatic carbocycles. The van der Waals surface area contributed by atoms with Crippen molar-refractivity contribution in [2.45, 2.75) is 0 Å². The predicted molar refractivity (Wildman–Crippen MR) is 62.0 cm³/mol. The number of rotatable bonds is 2. The van der Waals surface area contributed by atoms with Crippen molar-refractivity contribution in [3.63, 3.8) is 0 Å². The van der Waals surface area contributed by atoms with E-state index in [2.05, 4.69) is 15.9 Å². The zero-order valence-electron chi connectivity index (χ0n) is 6.77. The first-order valence-corrected chi connectivity index (χ1v) is 6.15. The van der Waals surface area contributed by atoms with Gasteiger partial charge in [0.2, 0.25) is 0 Å². The van der Waals surface area contributed by atoms with Crippen LogP contribution < -0.4 is 0 Å². The van der Waals surface area contributed by atoms with Crippen LogP contribution in [-0.2, 0) is 0 Å². The molecule has 3 nitrogen and oxygen atoms in total. The molecule has 0 bridgehead atoms. The van der Waals surface area contributed by atoms with E-state index in [1.165, 1.54) is 28.7 Å². The lowest BCUT2D eigenvalue weighted by molar-refractivity contribution is -0.383. The molecular weight excluding hydrogens is 286 g/mol. The van der Waals surface area contributed by atoms with Crippen molar-refractivity contribution in [1.82, 2.24) is 0 Å². The van der Waals surface area contributed by atoms with E-state index in [0.717, 1.165) is 13.5 Å². The van der Waals surface area contributed by atoms with E-state index in [1.807, 2.05) is 12.1 Å². The van der Waals surface area contributed by atoms with E-state index >= 15 is 0 Å². The van der Waals surface area contributed by atoms with Gasteiger partial charge in [0.05, 0.1) is 13.6 Å². The largest absolute Gasteiger partial charge is 0.288 e. The highest BCUT2D eigenvalue weighted by Crippen LogP contribution is 2.40. The number of nitrogens with zero attached hydrogens (tertiary/aromatic N) is 1. The number of thiophene rings is 2. The van der Waals surface area contributed by atoms with Crippen LogP contribution >= 0.6 is 38.6 Å². The molecule has 0 radical (unpaired) electrons. The second-order valence-electron chi connectivity index (χ2n) is 2.50. The fraction of sp³-hybridized carbons (Fsp3) is 0. The average molecular weight is 290 g/mol. The van der Waals surface area contributed by atoms with Crippen LogP contribution in [0.2, 0.25) is 0 Å². The summed E-state index contributed by atoms with van der Waals surface area (Å²) in [7, 11) is 0. The summed E-state index contributed by atoms with van der Waals surface area (Å²) in [5.41, 5.74) is 0.185. The maximum atomic E-state index is 10.7. The fourth-order valence-corrected chi connectivity index (χ4v) is 3.45. The Hall–Kier alpha value is -0.720. The molecule has 14 heavy (non-hydrogen) atoms. The Morgan fingerprint density at radius 3 is 2.71 bits per heavy atom. The van der Waals surface area contributed by atoms with Gasteiger partial charge >= 0.3 is 0 Å². The minimum Gasteiger partial charge on any atom is -0.258 e. The molecule has 0 fully saturated rings. The summed E-state index contributed by atoms with van der Waals surface area (Å²) in [5, 5.41) is 12.4. The van der Waals surface area contributed by atoms with Gasteiger partial charge in [0.15, 0.2) is 0 Å². The van der Waals surface area contributed by atoms with Crippen molar-refractivity contribution in [2.24, 2.45) is 0 Å². The number of hydrogen-bond acceptors (Lipinski definition) is 4. The minimum absolute atomic E-state index is 0.185. The molecule has 6 heteroatoms. The number of halogens is 1. The molecule has 0 saturated heterocycles. The molecule has 2 aromatic rings. The third-order valence-electron chi connectivity index (χ3n) is 1.64. The molecule has 0 aliphatic heterocycles. The molecule has 2 heterocycles. The topological polar surface area (TPSA) is 43.1 Å². The van der Waals surface area contributed by atoms with Crippen LogP contribution in [0.1, 0.15) is 0 Å². The molecular formula is C8H4BrNO2S2. The van der Waals surface area contributed by atoms with Crippen molar-refractivity contribution < 1.29 is 4.92 Å². The second kappa shape index (κ2) is 3.80. The van der Waals surface area contributed by atoms with Gasteiger partial charge in [-0.05, 0) is 33.4 Å². The first kappa shape index (κ1) is 9.82. The number of hydrogen-bond donors (Lipinski definition) is 0. The summed E-state index contributed by atoms with van der Waals surface area (Å²) in [5.74, 6) is 0. The quantitative estimate of drug-likeness (QED) is 0.616. The van der Waals surface area contributed by atoms with Crippen LogP contribution in [0.5, 0.6) is 0 Å². The van der Waals surface area contributed by atoms with E-state index in [4.69, 9.17) is 0 Å². The van der Waals surface area contributed by atoms with Crippen LogP contribution in [0, 0.1) is 10.1 Å². The summed E-state index contributed by atoms with van der Waals surface area (Å²) in [6, 6.07) is 5.31. The van der Waals surface area contributed by atoms with E-state index in [-0.39, 0.29) is 10.6 Å². The van der Waals surface area contributed by atoms with Crippen LogP contribution in [0.4, 0.5) is 5.69 Å². The van der Waals surface area contributed by atoms with E-state index in [9.17, 15) is 10.1 Å². The first-order valence-electron chi connectivity index (χ1n) is 3.66. The smallest absolute Gasteiger partial charge is 0.258 e. The molecule has 2 aromatic heterocycles. The highest BCUT2D eigenvalue weighted by Gasteiger charge is 2.17. The fourth-order valence-electron chi connectivity index (χ4n) is 1.07. The van der Waals surface area contributed by atoms with Gasteiger partial charge in [-0.1, -0.05) is 0 Å². The summed E-state index contributed by atoms with van der Waals surface area (Å²) in [6.45, 7) is 0. The third kappa shape index (κ3) is 1.73. The van der Waals surface area contributed by atoms with Gasteiger partial charge in [-0.25, -0.2) is 0 Å². The van der Waals surface area contributed by atoms with Crippen molar-refractivity contribution in [2.75, 3.05) is 0 Å². The van der Waals surface area contributed by atoms with Crippen molar-refractivity contribution in [3.05, 3.63) is 37.5 Å². The molecule has 0 N–H and O–H groups in total. The van der Waals surface area contributed by atoms with Gasteiger partial charge in [0.25, 0.3) is 5.69 Å². The Morgan fingerprint density at radius 2 is 2.14 bits per heavy atom. The molecule has 0 atom stereocenters. The first-order chi connectivity index (χ1) is 6.68. The van der Waals surface area contributed by atoms with Gasteiger partial charge in [-0.2, -0.15) is 0 Å². The zero-order valence-corrected chi connectivity index (χ0v) is 9.99. The SMILES string of the molecule is O=[N+]([O-])c1ccsc1-c1ccc(Br)s1. The monoisotopic (exact) mass is 289 g/mol. The zero-order chi connectivity index (χ0) is 10.1. The molecule has 2 rings (SSSR count). The molecule has 0 saturated carbocycles. The Bertz CT molecular complexity index is 477. The van der Waals surface area contributed by atoms with Crippen molar-refractivity contribution in [3.8, 4) is 9.75 Å². The molecule has 0 spiro atoms. The normalized spacial score (nSPS) is 10.4. The maximum absolute atomic E-state index is 10.7. The van der Waals surface area contributed by atoms with Gasteiger partial charge in [-0.15, -0.1) is 22.7 Å². The van der Waals surface area contributed by atoms with Crippen molar-refractivity contribution >= 4 is 44.3 Å². The Morgan fingerprint density at radius 1 is 1.36 bits per heavy atom. The van der Waals surface area contributed by atoms with Gasteiger partial charge in [-0.3, -0.25) is 10.1 Å². The van der Waals surface area contributed by atoms with Crippen LogP contribution in [0.25, 0.3) is 9.75 Å². The van der Waals surface area contributed by atoms with Gasteiger partial charge in [0.1, 0.15) is 4.88 Å². The molecule has 0 amide bonds. The summed E-state index contributed by atoms with van der Waals surface area (Å²) in [4.78, 5) is 12.0. The summed E-state index contributed by atoms with van der Waals surface area (Å²) < 4.78 is 0.982. The van der Waals surface area contributed by atoms with Crippen LogP contribution in [0.15, 0.2) is 27.4 Å². The number of nitro groups is 1. The Balaban J connectivity index is 2.51. The third-order valence-corrected chi connectivity index (χ3v) is 4.35. The van der Waals surface area contributed by atoms with E-state index < -0.39 is 0 Å². The van der Waals surface area contributed by atoms with Crippen LogP contribution in [0.3, 0.4) is 0 Å². The Kier molecular flexibility index (Phi) is 2.66. The van der Waals surface area contributed by atoms with Gasteiger partial charge in [0, 0.05) is 6.07 Å².